The predicted octanol–water partition coefficient (Wildman–Crippen LogP) is 2.82. The Labute approximate surface area is 164 Å². The Kier molecular flexibility index (Phi) is 5.57. The van der Waals surface area contributed by atoms with Crippen LogP contribution in [0.15, 0.2) is 41.3 Å². The summed E-state index contributed by atoms with van der Waals surface area (Å²) in [6.07, 6.45) is 2.42. The van der Waals surface area contributed by atoms with Crippen molar-refractivity contribution in [3.63, 3.8) is 0 Å². The maximum atomic E-state index is 12.8. The average molecular weight is 405 g/mol. The van der Waals surface area contributed by atoms with Gasteiger partial charge in [-0.2, -0.15) is 0 Å². The molecule has 9 heteroatoms. The number of methoxy groups -OCH3 is 1. The van der Waals surface area contributed by atoms with E-state index < -0.39 is 14.9 Å². The number of hydrogen-bond acceptors (Lipinski definition) is 6. The zero-order valence-corrected chi connectivity index (χ0v) is 16.8. The number of sulfonamides is 1. The highest BCUT2D eigenvalue weighted by molar-refractivity contribution is 7.92. The first-order valence-corrected chi connectivity index (χ1v) is 10.3. The summed E-state index contributed by atoms with van der Waals surface area (Å²) in [5.41, 5.74) is 2.31. The summed E-state index contributed by atoms with van der Waals surface area (Å²) in [5, 5.41) is 10.8. The first-order chi connectivity index (χ1) is 13.2. The Hall–Kier alpha value is -2.65. The topological polar surface area (TPSA) is 102 Å². The van der Waals surface area contributed by atoms with Gasteiger partial charge in [-0.05, 0) is 63.2 Å². The van der Waals surface area contributed by atoms with Gasteiger partial charge in [0.1, 0.15) is 5.75 Å². The third kappa shape index (κ3) is 3.95. The molecular formula is C19H23N3O5S. The molecule has 1 aliphatic rings. The van der Waals surface area contributed by atoms with Crippen molar-refractivity contribution in [2.75, 3.05) is 25.9 Å². The van der Waals surface area contributed by atoms with E-state index in [1.807, 2.05) is 14.1 Å². The van der Waals surface area contributed by atoms with Crippen LogP contribution in [0.25, 0.3) is 0 Å². The molecule has 0 saturated heterocycles. The molecule has 8 nitrogen and oxygen atoms in total. The number of likely N-dealkylation sites (N-methyl/N-ethyl adjacent to an activating group) is 1. The third-order valence-corrected chi connectivity index (χ3v) is 6.49. The first kappa shape index (κ1) is 20.1. The zero-order chi connectivity index (χ0) is 20.5. The Morgan fingerprint density at radius 1 is 1.14 bits per heavy atom. The molecule has 0 heterocycles. The van der Waals surface area contributed by atoms with Crippen LogP contribution in [-0.2, 0) is 22.9 Å². The van der Waals surface area contributed by atoms with Crippen molar-refractivity contribution < 1.29 is 18.1 Å². The van der Waals surface area contributed by atoms with E-state index >= 15 is 0 Å². The van der Waals surface area contributed by atoms with Gasteiger partial charge >= 0.3 is 0 Å². The van der Waals surface area contributed by atoms with Crippen molar-refractivity contribution in [2.45, 2.75) is 30.2 Å². The second-order valence-corrected chi connectivity index (χ2v) is 8.67. The quantitative estimate of drug-likeness (QED) is 0.586. The molecule has 0 spiro atoms. The molecular weight excluding hydrogens is 382 g/mol. The van der Waals surface area contributed by atoms with Crippen molar-refractivity contribution in [1.29, 1.82) is 0 Å². The SMILES string of the molecule is COc1ccc(NS(=O)(=O)c2ccc([N+](=O)[O-])cc2)c2c1C[C@@H](N(C)C)CC2. The lowest BCUT2D eigenvalue weighted by Crippen LogP contribution is -2.34. The molecule has 0 bridgehead atoms. The monoisotopic (exact) mass is 405 g/mol. The lowest BCUT2D eigenvalue weighted by atomic mass is 9.86. The summed E-state index contributed by atoms with van der Waals surface area (Å²) in [4.78, 5) is 12.3. The van der Waals surface area contributed by atoms with Crippen LogP contribution in [-0.4, -0.2) is 45.5 Å². The van der Waals surface area contributed by atoms with Crippen LogP contribution in [0.3, 0.4) is 0 Å². The van der Waals surface area contributed by atoms with E-state index in [2.05, 4.69) is 9.62 Å². The molecule has 0 aromatic heterocycles. The molecule has 2 aromatic rings. The minimum atomic E-state index is -3.86. The lowest BCUT2D eigenvalue weighted by Gasteiger charge is -2.32. The smallest absolute Gasteiger partial charge is 0.269 e. The van der Waals surface area contributed by atoms with E-state index in [-0.39, 0.29) is 10.6 Å². The van der Waals surface area contributed by atoms with Gasteiger partial charge in [0.2, 0.25) is 0 Å². The van der Waals surface area contributed by atoms with Crippen LogP contribution in [0.1, 0.15) is 17.5 Å². The van der Waals surface area contributed by atoms with E-state index in [1.54, 1.807) is 19.2 Å². The number of anilines is 1. The molecule has 0 radical (unpaired) electrons. The van der Waals surface area contributed by atoms with Crippen LogP contribution < -0.4 is 9.46 Å². The van der Waals surface area contributed by atoms with Crippen LogP contribution in [0, 0.1) is 10.1 Å². The number of non-ortho nitro benzene ring substituents is 1. The Morgan fingerprint density at radius 2 is 1.82 bits per heavy atom. The lowest BCUT2D eigenvalue weighted by molar-refractivity contribution is -0.384. The number of nitro groups is 1. The van der Waals surface area contributed by atoms with Crippen LogP contribution in [0.5, 0.6) is 5.75 Å². The molecule has 0 fully saturated rings. The van der Waals surface area contributed by atoms with Crippen LogP contribution in [0.4, 0.5) is 11.4 Å². The van der Waals surface area contributed by atoms with Crippen molar-refractivity contribution in [2.24, 2.45) is 0 Å². The minimum Gasteiger partial charge on any atom is -0.496 e. The minimum absolute atomic E-state index is 0.0235. The fraction of sp³-hybridized carbons (Fsp3) is 0.368. The molecule has 0 saturated carbocycles. The molecule has 0 aliphatic heterocycles. The highest BCUT2D eigenvalue weighted by atomic mass is 32.2. The molecule has 0 unspecified atom stereocenters. The number of rotatable bonds is 6. The van der Waals surface area contributed by atoms with E-state index in [0.29, 0.717) is 11.7 Å². The molecule has 2 aromatic carbocycles. The Bertz CT molecular complexity index is 987. The van der Waals surface area contributed by atoms with Gasteiger partial charge in [0.05, 0.1) is 22.6 Å². The second-order valence-electron chi connectivity index (χ2n) is 6.99. The summed E-state index contributed by atoms with van der Waals surface area (Å²) in [5.74, 6) is 0.750. The summed E-state index contributed by atoms with van der Waals surface area (Å²) >= 11 is 0. The summed E-state index contributed by atoms with van der Waals surface area (Å²) < 4.78 is 33.7. The largest absolute Gasteiger partial charge is 0.496 e. The van der Waals surface area contributed by atoms with E-state index in [0.717, 1.165) is 36.1 Å². The van der Waals surface area contributed by atoms with Gasteiger partial charge in [-0.1, -0.05) is 0 Å². The first-order valence-electron chi connectivity index (χ1n) is 8.85. The molecule has 150 valence electrons. The van der Waals surface area contributed by atoms with Crippen LogP contribution in [0.2, 0.25) is 0 Å². The van der Waals surface area contributed by atoms with Gasteiger partial charge in [0.15, 0.2) is 0 Å². The number of benzene rings is 2. The van der Waals surface area contributed by atoms with E-state index in [1.165, 1.54) is 24.3 Å². The molecule has 0 amide bonds. The van der Waals surface area contributed by atoms with Gasteiger partial charge in [-0.3, -0.25) is 14.8 Å². The predicted molar refractivity (Wildman–Crippen MR) is 106 cm³/mol. The number of nitrogens with one attached hydrogen (secondary N) is 1. The Balaban J connectivity index is 1.94. The van der Waals surface area contributed by atoms with Crippen molar-refractivity contribution in [3.8, 4) is 5.75 Å². The highest BCUT2D eigenvalue weighted by Gasteiger charge is 2.27. The zero-order valence-electron chi connectivity index (χ0n) is 16.0. The van der Waals surface area contributed by atoms with Gasteiger partial charge in [0, 0.05) is 23.7 Å². The highest BCUT2D eigenvalue weighted by Crippen LogP contribution is 2.36. The van der Waals surface area contributed by atoms with Gasteiger partial charge in [0.25, 0.3) is 15.7 Å². The third-order valence-electron chi connectivity index (χ3n) is 5.11. The standard InChI is InChI=1S/C19H23N3O5S/c1-21(2)14-6-9-16-17(12-14)19(27-3)11-10-18(16)20-28(25,26)15-7-4-13(5-8-15)22(23)24/h4-5,7-8,10-11,14,20H,6,9,12H2,1-3H3/t14-/m0/s1. The summed E-state index contributed by atoms with van der Waals surface area (Å²) in [6, 6.07) is 8.67. The van der Waals surface area contributed by atoms with Crippen molar-refractivity contribution in [3.05, 3.63) is 57.6 Å². The fourth-order valence-electron chi connectivity index (χ4n) is 3.51. The number of nitrogens with zero attached hydrogens (tertiary/aromatic N) is 2. The normalized spacial score (nSPS) is 16.5. The summed E-state index contributed by atoms with van der Waals surface area (Å²) in [7, 11) is 1.81. The molecule has 1 aliphatic carbocycles. The van der Waals surface area contributed by atoms with Crippen LogP contribution >= 0.6 is 0 Å². The van der Waals surface area contributed by atoms with Gasteiger partial charge in [-0.25, -0.2) is 8.42 Å². The fourth-order valence-corrected chi connectivity index (χ4v) is 4.60. The van der Waals surface area contributed by atoms with Gasteiger partial charge < -0.3 is 9.64 Å². The molecule has 28 heavy (non-hydrogen) atoms. The maximum Gasteiger partial charge on any atom is 0.269 e. The number of nitro benzene ring substituents is 1. The number of hydrogen-bond donors (Lipinski definition) is 1. The average Bonchev–Trinajstić information content (AvgIpc) is 2.67. The second kappa shape index (κ2) is 7.76. The molecule has 1 atom stereocenters. The van der Waals surface area contributed by atoms with Crippen molar-refractivity contribution in [1.82, 2.24) is 4.90 Å². The van der Waals surface area contributed by atoms with E-state index in [9.17, 15) is 18.5 Å². The maximum absolute atomic E-state index is 12.8. The Morgan fingerprint density at radius 3 is 2.39 bits per heavy atom. The van der Waals surface area contributed by atoms with E-state index in [4.69, 9.17) is 4.74 Å². The summed E-state index contributed by atoms with van der Waals surface area (Å²) in [6.45, 7) is 0. The van der Waals surface area contributed by atoms with Gasteiger partial charge in [-0.15, -0.1) is 0 Å². The van der Waals surface area contributed by atoms with Crippen molar-refractivity contribution >= 4 is 21.4 Å². The molecule has 3 rings (SSSR count). The molecule has 1 N–H and O–H groups in total. The number of ether oxygens (including phenoxy) is 1. The number of fused-ring (bicyclic) bond motifs is 1.